The highest BCUT2D eigenvalue weighted by Crippen LogP contribution is 2.30. The Balaban J connectivity index is 2.22. The predicted molar refractivity (Wildman–Crippen MR) is 74.5 cm³/mol. The van der Waals surface area contributed by atoms with Gasteiger partial charge in [-0.2, -0.15) is 0 Å². The second-order valence-electron chi connectivity index (χ2n) is 5.29. The average Bonchev–Trinajstić information content (AvgIpc) is 2.40. The molecule has 0 saturated carbocycles. The van der Waals surface area contributed by atoms with Gasteiger partial charge in [-0.15, -0.1) is 0 Å². The van der Waals surface area contributed by atoms with E-state index in [0.717, 1.165) is 31.5 Å². The largest absolute Gasteiger partial charge is 0.383 e. The first-order valence-electron chi connectivity index (χ1n) is 6.88. The number of hydrogen-bond acceptors (Lipinski definition) is 3. The topological polar surface area (TPSA) is 38.5 Å². The first kappa shape index (κ1) is 14.4. The summed E-state index contributed by atoms with van der Waals surface area (Å²) in [6.07, 6.45) is 2.13. The fourth-order valence-corrected chi connectivity index (χ4v) is 2.87. The van der Waals surface area contributed by atoms with Gasteiger partial charge in [0.05, 0.1) is 6.61 Å². The Labute approximate surface area is 114 Å². The van der Waals surface area contributed by atoms with Crippen LogP contribution < -0.4 is 5.73 Å². The van der Waals surface area contributed by atoms with Crippen LogP contribution in [0.1, 0.15) is 30.0 Å². The summed E-state index contributed by atoms with van der Waals surface area (Å²) < 4.78 is 18.6. The predicted octanol–water partition coefficient (Wildman–Crippen LogP) is 2.24. The van der Waals surface area contributed by atoms with Crippen LogP contribution >= 0.6 is 0 Å². The molecule has 1 aromatic carbocycles. The van der Waals surface area contributed by atoms with Crippen molar-refractivity contribution in [2.75, 3.05) is 26.8 Å². The molecule has 106 valence electrons. The lowest BCUT2D eigenvalue weighted by Crippen LogP contribution is -2.46. The number of nitrogens with two attached hydrogens (primary N) is 1. The molecular weight excluding hydrogens is 243 g/mol. The van der Waals surface area contributed by atoms with Crippen molar-refractivity contribution < 1.29 is 9.13 Å². The number of benzene rings is 1. The zero-order valence-corrected chi connectivity index (χ0v) is 11.7. The lowest BCUT2D eigenvalue weighted by atomic mass is 9.90. The fraction of sp³-hybridized carbons (Fsp3) is 0.600. The molecule has 2 rings (SSSR count). The molecule has 0 bridgehead atoms. The Bertz CT molecular complexity index is 425. The van der Waals surface area contributed by atoms with E-state index in [-0.39, 0.29) is 17.9 Å². The molecule has 0 amide bonds. The van der Waals surface area contributed by atoms with Gasteiger partial charge in [0.15, 0.2) is 0 Å². The van der Waals surface area contributed by atoms with Crippen molar-refractivity contribution in [2.45, 2.75) is 31.8 Å². The van der Waals surface area contributed by atoms with E-state index in [9.17, 15) is 4.39 Å². The van der Waals surface area contributed by atoms with Crippen LogP contribution in [0.15, 0.2) is 18.2 Å². The molecule has 19 heavy (non-hydrogen) atoms. The van der Waals surface area contributed by atoms with E-state index in [4.69, 9.17) is 10.5 Å². The molecule has 1 aliphatic rings. The van der Waals surface area contributed by atoms with E-state index in [1.165, 1.54) is 0 Å². The summed E-state index contributed by atoms with van der Waals surface area (Å²) in [5.41, 5.74) is 8.08. The van der Waals surface area contributed by atoms with Crippen LogP contribution in [0.4, 0.5) is 4.39 Å². The summed E-state index contributed by atoms with van der Waals surface area (Å²) in [4.78, 5) is 2.35. The van der Waals surface area contributed by atoms with Crippen molar-refractivity contribution in [1.29, 1.82) is 0 Å². The average molecular weight is 266 g/mol. The molecule has 0 aliphatic carbocycles. The third kappa shape index (κ3) is 3.32. The van der Waals surface area contributed by atoms with Crippen molar-refractivity contribution in [3.63, 3.8) is 0 Å². The van der Waals surface area contributed by atoms with Crippen LogP contribution in [0.2, 0.25) is 0 Å². The molecule has 0 aromatic heterocycles. The summed E-state index contributed by atoms with van der Waals surface area (Å²) >= 11 is 0. The van der Waals surface area contributed by atoms with E-state index in [0.29, 0.717) is 12.2 Å². The van der Waals surface area contributed by atoms with Crippen LogP contribution in [0.5, 0.6) is 0 Å². The second-order valence-corrected chi connectivity index (χ2v) is 5.29. The van der Waals surface area contributed by atoms with Crippen LogP contribution in [0.25, 0.3) is 0 Å². The fourth-order valence-electron chi connectivity index (χ4n) is 2.87. The van der Waals surface area contributed by atoms with Gasteiger partial charge < -0.3 is 10.5 Å². The monoisotopic (exact) mass is 266 g/mol. The number of aryl methyl sites for hydroxylation is 1. The number of likely N-dealkylation sites (tertiary alicyclic amines) is 1. The Morgan fingerprint density at radius 3 is 2.95 bits per heavy atom. The minimum Gasteiger partial charge on any atom is -0.383 e. The van der Waals surface area contributed by atoms with Crippen LogP contribution in [-0.2, 0) is 4.74 Å². The molecule has 1 fully saturated rings. The standard InChI is InChI=1S/C15H23FN2O/c1-11-10-12(5-6-13(11)16)15-14(17)4-3-7-18(15)8-9-19-2/h5-6,10,14-15H,3-4,7-9,17H2,1-2H3. The summed E-state index contributed by atoms with van der Waals surface area (Å²) in [6.45, 7) is 4.39. The zero-order valence-electron chi connectivity index (χ0n) is 11.7. The van der Waals surface area contributed by atoms with Crippen molar-refractivity contribution >= 4 is 0 Å². The molecule has 2 N–H and O–H groups in total. The van der Waals surface area contributed by atoms with Crippen molar-refractivity contribution in [1.82, 2.24) is 4.90 Å². The Morgan fingerprint density at radius 2 is 2.26 bits per heavy atom. The van der Waals surface area contributed by atoms with Crippen LogP contribution in [-0.4, -0.2) is 37.7 Å². The SMILES string of the molecule is COCCN1CCCC(N)C1c1ccc(F)c(C)c1. The van der Waals surface area contributed by atoms with E-state index < -0.39 is 0 Å². The summed E-state index contributed by atoms with van der Waals surface area (Å²) in [6, 6.07) is 5.60. The number of rotatable bonds is 4. The van der Waals surface area contributed by atoms with Gasteiger partial charge in [-0.3, -0.25) is 4.90 Å². The highest BCUT2D eigenvalue weighted by molar-refractivity contribution is 5.28. The molecule has 1 aliphatic heterocycles. The summed E-state index contributed by atoms with van der Waals surface area (Å²) in [7, 11) is 1.71. The minimum absolute atomic E-state index is 0.107. The Hall–Kier alpha value is -0.970. The van der Waals surface area contributed by atoms with Crippen LogP contribution in [0.3, 0.4) is 0 Å². The molecule has 4 heteroatoms. The van der Waals surface area contributed by atoms with Gasteiger partial charge in [-0.25, -0.2) is 4.39 Å². The maximum Gasteiger partial charge on any atom is 0.126 e. The Morgan fingerprint density at radius 1 is 1.47 bits per heavy atom. The summed E-state index contributed by atoms with van der Waals surface area (Å²) in [5, 5.41) is 0. The number of methoxy groups -OCH3 is 1. The molecule has 1 heterocycles. The van der Waals surface area contributed by atoms with E-state index in [2.05, 4.69) is 4.90 Å². The number of ether oxygens (including phenoxy) is 1. The molecule has 1 aromatic rings. The number of piperidine rings is 1. The minimum atomic E-state index is -0.156. The van der Waals surface area contributed by atoms with Crippen molar-refractivity contribution in [2.24, 2.45) is 5.73 Å². The van der Waals surface area contributed by atoms with Gasteiger partial charge in [-0.1, -0.05) is 12.1 Å². The third-order valence-corrected chi connectivity index (χ3v) is 3.89. The molecule has 0 radical (unpaired) electrons. The highest BCUT2D eigenvalue weighted by atomic mass is 19.1. The number of nitrogens with zero attached hydrogens (tertiary/aromatic N) is 1. The lowest BCUT2D eigenvalue weighted by molar-refractivity contribution is 0.0847. The van der Waals surface area contributed by atoms with E-state index in [1.807, 2.05) is 12.1 Å². The first-order valence-corrected chi connectivity index (χ1v) is 6.88. The third-order valence-electron chi connectivity index (χ3n) is 3.89. The summed E-state index contributed by atoms with van der Waals surface area (Å²) in [5.74, 6) is -0.156. The van der Waals surface area contributed by atoms with Gasteiger partial charge in [0.1, 0.15) is 5.82 Å². The number of halogens is 1. The van der Waals surface area contributed by atoms with E-state index >= 15 is 0 Å². The second kappa shape index (κ2) is 6.46. The molecule has 2 atom stereocenters. The molecule has 2 unspecified atom stereocenters. The Kier molecular flexibility index (Phi) is 4.91. The van der Waals surface area contributed by atoms with Crippen LogP contribution in [0, 0.1) is 12.7 Å². The highest BCUT2D eigenvalue weighted by Gasteiger charge is 2.30. The quantitative estimate of drug-likeness (QED) is 0.908. The maximum atomic E-state index is 13.4. The maximum absolute atomic E-state index is 13.4. The van der Waals surface area contributed by atoms with Gasteiger partial charge >= 0.3 is 0 Å². The van der Waals surface area contributed by atoms with Crippen molar-refractivity contribution in [3.8, 4) is 0 Å². The van der Waals surface area contributed by atoms with Gasteiger partial charge in [-0.05, 0) is 43.5 Å². The van der Waals surface area contributed by atoms with Gasteiger partial charge in [0, 0.05) is 25.7 Å². The van der Waals surface area contributed by atoms with E-state index in [1.54, 1.807) is 20.1 Å². The smallest absolute Gasteiger partial charge is 0.126 e. The van der Waals surface area contributed by atoms with Gasteiger partial charge in [0.25, 0.3) is 0 Å². The van der Waals surface area contributed by atoms with Gasteiger partial charge in [0.2, 0.25) is 0 Å². The molecule has 0 spiro atoms. The lowest BCUT2D eigenvalue weighted by Gasteiger charge is -2.40. The van der Waals surface area contributed by atoms with Crippen molar-refractivity contribution in [3.05, 3.63) is 35.1 Å². The molecular formula is C15H23FN2O. The zero-order chi connectivity index (χ0) is 13.8. The molecule has 1 saturated heterocycles. The number of hydrogen-bond donors (Lipinski definition) is 1. The normalized spacial score (nSPS) is 24.6. The first-order chi connectivity index (χ1) is 9.13. The molecule has 3 nitrogen and oxygen atoms in total.